The van der Waals surface area contributed by atoms with Crippen molar-refractivity contribution in [2.24, 2.45) is 0 Å². The maximum atomic E-state index is 12.4. The van der Waals surface area contributed by atoms with Gasteiger partial charge in [0, 0.05) is 11.7 Å². The molecule has 1 aromatic rings. The van der Waals surface area contributed by atoms with E-state index in [1.807, 2.05) is 10.6 Å². The molecular formula is C15H18N2O. The Kier molecular flexibility index (Phi) is 2.95. The van der Waals surface area contributed by atoms with E-state index in [2.05, 4.69) is 6.07 Å². The minimum atomic E-state index is -0.0509. The molecule has 0 atom stereocenters. The molecule has 3 rings (SSSR count). The fourth-order valence-corrected chi connectivity index (χ4v) is 3.48. The van der Waals surface area contributed by atoms with Crippen LogP contribution in [-0.4, -0.2) is 4.57 Å². The van der Waals surface area contributed by atoms with Gasteiger partial charge in [0.1, 0.15) is 11.6 Å². The molecule has 2 aliphatic carbocycles. The van der Waals surface area contributed by atoms with Crippen molar-refractivity contribution in [1.29, 1.82) is 5.26 Å². The van der Waals surface area contributed by atoms with Gasteiger partial charge in [-0.3, -0.25) is 4.79 Å². The number of aryl methyl sites for hydroxylation is 1. The van der Waals surface area contributed by atoms with Crippen LogP contribution >= 0.6 is 0 Å². The van der Waals surface area contributed by atoms with Gasteiger partial charge in [0.2, 0.25) is 0 Å². The van der Waals surface area contributed by atoms with E-state index in [9.17, 15) is 4.79 Å². The molecule has 3 nitrogen and oxygen atoms in total. The third kappa shape index (κ3) is 1.77. The van der Waals surface area contributed by atoms with Crippen molar-refractivity contribution in [2.75, 3.05) is 0 Å². The van der Waals surface area contributed by atoms with Gasteiger partial charge in [-0.1, -0.05) is 19.3 Å². The van der Waals surface area contributed by atoms with Crippen molar-refractivity contribution in [3.63, 3.8) is 0 Å². The number of aromatic nitrogens is 1. The standard InChI is InChI=1S/C15H18N2O/c16-10-12-9-11-5-4-8-14(11)17(15(12)18)13-6-2-1-3-7-13/h9,13H,1-8H2. The van der Waals surface area contributed by atoms with E-state index in [0.717, 1.165) is 32.1 Å². The van der Waals surface area contributed by atoms with E-state index in [0.29, 0.717) is 11.6 Å². The topological polar surface area (TPSA) is 45.8 Å². The number of hydrogen-bond donors (Lipinski definition) is 0. The highest BCUT2D eigenvalue weighted by atomic mass is 16.1. The Morgan fingerprint density at radius 2 is 1.94 bits per heavy atom. The monoisotopic (exact) mass is 242 g/mol. The summed E-state index contributed by atoms with van der Waals surface area (Å²) < 4.78 is 1.97. The molecule has 0 aromatic carbocycles. The first-order chi connectivity index (χ1) is 8.81. The second kappa shape index (κ2) is 4.61. The summed E-state index contributed by atoms with van der Waals surface area (Å²) in [6.45, 7) is 0. The number of nitriles is 1. The van der Waals surface area contributed by atoms with E-state index in [-0.39, 0.29) is 5.56 Å². The zero-order chi connectivity index (χ0) is 12.5. The molecule has 0 saturated heterocycles. The van der Waals surface area contributed by atoms with Crippen LogP contribution in [0, 0.1) is 11.3 Å². The molecule has 94 valence electrons. The summed E-state index contributed by atoms with van der Waals surface area (Å²) in [5, 5.41) is 9.11. The van der Waals surface area contributed by atoms with E-state index < -0.39 is 0 Å². The average Bonchev–Trinajstić information content (AvgIpc) is 2.86. The summed E-state index contributed by atoms with van der Waals surface area (Å²) in [6, 6.07) is 4.23. The fraction of sp³-hybridized carbons (Fsp3) is 0.600. The van der Waals surface area contributed by atoms with Crippen LogP contribution in [0.4, 0.5) is 0 Å². The van der Waals surface area contributed by atoms with Gasteiger partial charge in [0.05, 0.1) is 0 Å². The van der Waals surface area contributed by atoms with Crippen molar-refractivity contribution >= 4 is 0 Å². The zero-order valence-electron chi connectivity index (χ0n) is 10.6. The molecule has 2 aliphatic rings. The first kappa shape index (κ1) is 11.5. The van der Waals surface area contributed by atoms with Crippen molar-refractivity contribution in [2.45, 2.75) is 57.4 Å². The Labute approximate surface area is 107 Å². The van der Waals surface area contributed by atoms with Crippen molar-refractivity contribution in [1.82, 2.24) is 4.57 Å². The minimum Gasteiger partial charge on any atom is -0.308 e. The van der Waals surface area contributed by atoms with Crippen molar-refractivity contribution in [3.8, 4) is 6.07 Å². The predicted molar refractivity (Wildman–Crippen MR) is 69.6 cm³/mol. The number of rotatable bonds is 1. The van der Waals surface area contributed by atoms with Crippen molar-refractivity contribution in [3.05, 3.63) is 33.2 Å². The van der Waals surface area contributed by atoms with Gasteiger partial charge in [-0.05, 0) is 43.7 Å². The first-order valence-corrected chi connectivity index (χ1v) is 6.98. The maximum absolute atomic E-state index is 12.4. The Morgan fingerprint density at radius 1 is 1.17 bits per heavy atom. The minimum absolute atomic E-state index is 0.0509. The van der Waals surface area contributed by atoms with Gasteiger partial charge in [0.25, 0.3) is 5.56 Å². The molecule has 0 aliphatic heterocycles. The normalized spacial score (nSPS) is 19.5. The summed E-state index contributed by atoms with van der Waals surface area (Å²) in [5.41, 5.74) is 2.73. The third-order valence-corrected chi connectivity index (χ3v) is 4.35. The van der Waals surface area contributed by atoms with Crippen LogP contribution in [0.5, 0.6) is 0 Å². The van der Waals surface area contributed by atoms with Crippen LogP contribution < -0.4 is 5.56 Å². The summed E-state index contributed by atoms with van der Waals surface area (Å²) >= 11 is 0. The molecule has 1 saturated carbocycles. The van der Waals surface area contributed by atoms with E-state index in [1.54, 1.807) is 0 Å². The van der Waals surface area contributed by atoms with E-state index in [1.165, 1.54) is 30.5 Å². The third-order valence-electron chi connectivity index (χ3n) is 4.35. The number of hydrogen-bond acceptors (Lipinski definition) is 2. The molecule has 0 spiro atoms. The quantitative estimate of drug-likeness (QED) is 0.760. The van der Waals surface area contributed by atoms with E-state index in [4.69, 9.17) is 5.26 Å². The molecule has 3 heteroatoms. The molecule has 0 bridgehead atoms. The van der Waals surface area contributed by atoms with Gasteiger partial charge >= 0.3 is 0 Å². The molecule has 0 radical (unpaired) electrons. The van der Waals surface area contributed by atoms with Gasteiger partial charge in [-0.25, -0.2) is 0 Å². The van der Waals surface area contributed by atoms with E-state index >= 15 is 0 Å². The summed E-state index contributed by atoms with van der Waals surface area (Å²) in [5.74, 6) is 0. The highest BCUT2D eigenvalue weighted by Crippen LogP contribution is 2.31. The smallest absolute Gasteiger partial charge is 0.268 e. The maximum Gasteiger partial charge on any atom is 0.268 e. The Hall–Kier alpha value is -1.56. The van der Waals surface area contributed by atoms with Gasteiger partial charge in [0.15, 0.2) is 0 Å². The van der Waals surface area contributed by atoms with Crippen LogP contribution in [0.1, 0.15) is 61.4 Å². The van der Waals surface area contributed by atoms with Crippen LogP contribution in [0.3, 0.4) is 0 Å². The zero-order valence-corrected chi connectivity index (χ0v) is 10.6. The van der Waals surface area contributed by atoms with Crippen LogP contribution in [0.25, 0.3) is 0 Å². The Balaban J connectivity index is 2.14. The lowest BCUT2D eigenvalue weighted by Crippen LogP contribution is -2.31. The molecule has 0 unspecified atom stereocenters. The lowest BCUT2D eigenvalue weighted by atomic mass is 9.94. The highest BCUT2D eigenvalue weighted by molar-refractivity contribution is 5.36. The number of fused-ring (bicyclic) bond motifs is 1. The molecular weight excluding hydrogens is 224 g/mol. The van der Waals surface area contributed by atoms with Crippen LogP contribution in [0.2, 0.25) is 0 Å². The second-order valence-electron chi connectivity index (χ2n) is 5.46. The largest absolute Gasteiger partial charge is 0.308 e. The lowest BCUT2D eigenvalue weighted by molar-refractivity contribution is 0.339. The van der Waals surface area contributed by atoms with Crippen LogP contribution in [0.15, 0.2) is 10.9 Å². The molecule has 0 amide bonds. The summed E-state index contributed by atoms with van der Waals surface area (Å²) in [7, 11) is 0. The number of pyridine rings is 1. The van der Waals surface area contributed by atoms with Gasteiger partial charge in [-0.15, -0.1) is 0 Å². The molecule has 1 aromatic heterocycles. The second-order valence-corrected chi connectivity index (χ2v) is 5.46. The summed E-state index contributed by atoms with van der Waals surface area (Å²) in [4.78, 5) is 12.4. The highest BCUT2D eigenvalue weighted by Gasteiger charge is 2.24. The Morgan fingerprint density at radius 3 is 2.67 bits per heavy atom. The molecule has 18 heavy (non-hydrogen) atoms. The molecule has 0 N–H and O–H groups in total. The SMILES string of the molecule is N#Cc1cc2c(n(C3CCCCC3)c1=O)CCC2. The summed E-state index contributed by atoms with van der Waals surface area (Å²) in [6.07, 6.45) is 9.05. The molecule has 1 fully saturated rings. The Bertz CT molecular complexity index is 559. The molecule has 1 heterocycles. The van der Waals surface area contributed by atoms with Gasteiger partial charge < -0.3 is 4.57 Å². The van der Waals surface area contributed by atoms with Gasteiger partial charge in [-0.2, -0.15) is 5.26 Å². The van der Waals surface area contributed by atoms with Crippen LogP contribution in [-0.2, 0) is 12.8 Å². The predicted octanol–water partition coefficient (Wildman–Crippen LogP) is 2.71. The lowest BCUT2D eigenvalue weighted by Gasteiger charge is -2.26. The average molecular weight is 242 g/mol. The fourth-order valence-electron chi connectivity index (χ4n) is 3.48. The number of nitrogens with zero attached hydrogens (tertiary/aromatic N) is 2. The first-order valence-electron chi connectivity index (χ1n) is 6.98. The van der Waals surface area contributed by atoms with Crippen molar-refractivity contribution < 1.29 is 0 Å².